The van der Waals surface area contributed by atoms with Crippen molar-refractivity contribution in [2.75, 3.05) is 5.73 Å². The highest BCUT2D eigenvalue weighted by Gasteiger charge is 2.14. The van der Waals surface area contributed by atoms with Crippen molar-refractivity contribution in [3.63, 3.8) is 0 Å². The molecular formula is C21H18N4O2. The third-order valence-electron chi connectivity index (χ3n) is 4.16. The predicted octanol–water partition coefficient (Wildman–Crippen LogP) is 4.75. The lowest BCUT2D eigenvalue weighted by molar-refractivity contribution is 0.440. The molecule has 0 atom stereocenters. The maximum Gasteiger partial charge on any atom is 0.249 e. The van der Waals surface area contributed by atoms with Crippen molar-refractivity contribution in [3.8, 4) is 23.3 Å². The molecule has 4 rings (SSSR count). The summed E-state index contributed by atoms with van der Waals surface area (Å²) in [4.78, 5) is 12.6. The number of aryl methyl sites for hydroxylation is 1. The van der Waals surface area contributed by atoms with Gasteiger partial charge in [-0.2, -0.15) is 9.97 Å². The van der Waals surface area contributed by atoms with E-state index in [1.807, 2.05) is 54.6 Å². The Balaban J connectivity index is 1.63. The molecule has 0 saturated carbocycles. The van der Waals surface area contributed by atoms with Crippen LogP contribution in [0.1, 0.15) is 12.5 Å². The minimum absolute atomic E-state index is 0.225. The number of aromatic nitrogens is 3. The molecule has 0 aliphatic rings. The summed E-state index contributed by atoms with van der Waals surface area (Å²) in [6, 6.07) is 17.3. The Morgan fingerprint density at radius 3 is 2.37 bits per heavy atom. The summed E-state index contributed by atoms with van der Waals surface area (Å²) in [5, 5.41) is 0.968. The maximum atomic E-state index is 6.18. The number of pyridine rings is 1. The molecule has 27 heavy (non-hydrogen) atoms. The Morgan fingerprint density at radius 1 is 0.852 bits per heavy atom. The van der Waals surface area contributed by atoms with Gasteiger partial charge >= 0.3 is 0 Å². The molecule has 0 saturated heterocycles. The Kier molecular flexibility index (Phi) is 4.53. The molecule has 0 spiro atoms. The summed E-state index contributed by atoms with van der Waals surface area (Å²) in [7, 11) is 0. The molecule has 2 heterocycles. The van der Waals surface area contributed by atoms with Gasteiger partial charge in [0.05, 0.1) is 0 Å². The molecule has 0 radical (unpaired) electrons. The van der Waals surface area contributed by atoms with Gasteiger partial charge in [-0.1, -0.05) is 37.3 Å². The molecule has 0 aliphatic carbocycles. The number of fused-ring (bicyclic) bond motifs is 1. The topological polar surface area (TPSA) is 83.2 Å². The average Bonchev–Trinajstić information content (AvgIpc) is 2.72. The zero-order chi connectivity index (χ0) is 18.6. The van der Waals surface area contributed by atoms with Gasteiger partial charge in [0, 0.05) is 11.6 Å². The average molecular weight is 358 g/mol. The van der Waals surface area contributed by atoms with Crippen LogP contribution in [0.5, 0.6) is 23.3 Å². The van der Waals surface area contributed by atoms with Gasteiger partial charge in [-0.15, -0.1) is 0 Å². The normalized spacial score (nSPS) is 10.7. The first-order valence-electron chi connectivity index (χ1n) is 8.63. The maximum absolute atomic E-state index is 6.18. The molecule has 6 heteroatoms. The number of rotatable bonds is 5. The summed E-state index contributed by atoms with van der Waals surface area (Å²) >= 11 is 0. The van der Waals surface area contributed by atoms with Gasteiger partial charge < -0.3 is 15.2 Å². The minimum atomic E-state index is 0.225. The molecule has 0 unspecified atom stereocenters. The van der Waals surface area contributed by atoms with E-state index in [0.717, 1.165) is 17.3 Å². The van der Waals surface area contributed by atoms with Gasteiger partial charge in [-0.25, -0.2) is 0 Å². The first-order chi connectivity index (χ1) is 13.2. The number of ether oxygens (including phenoxy) is 2. The van der Waals surface area contributed by atoms with Crippen LogP contribution in [0.2, 0.25) is 0 Å². The molecule has 0 fully saturated rings. The van der Waals surface area contributed by atoms with Crippen molar-refractivity contribution in [2.45, 2.75) is 13.3 Å². The van der Waals surface area contributed by atoms with Crippen LogP contribution in [-0.2, 0) is 6.42 Å². The SMILES string of the molecule is CCc1ccc(Oc2ncnc(Oc3cccc4cccnc34)c2N)cc1. The number of hydrogen-bond acceptors (Lipinski definition) is 6. The van der Waals surface area contributed by atoms with E-state index in [4.69, 9.17) is 15.2 Å². The van der Waals surface area contributed by atoms with Crippen LogP contribution in [0.4, 0.5) is 5.69 Å². The van der Waals surface area contributed by atoms with Crippen LogP contribution < -0.4 is 15.2 Å². The molecular weight excluding hydrogens is 340 g/mol. The highest BCUT2D eigenvalue weighted by Crippen LogP contribution is 2.35. The van der Waals surface area contributed by atoms with Gasteiger partial charge in [-0.3, -0.25) is 4.98 Å². The lowest BCUT2D eigenvalue weighted by atomic mass is 10.2. The Bertz CT molecular complexity index is 1080. The van der Waals surface area contributed by atoms with E-state index in [9.17, 15) is 0 Å². The highest BCUT2D eigenvalue weighted by molar-refractivity contribution is 5.84. The van der Waals surface area contributed by atoms with Gasteiger partial charge in [0.1, 0.15) is 17.6 Å². The number of nitrogens with two attached hydrogens (primary N) is 1. The van der Waals surface area contributed by atoms with Gasteiger partial charge in [0.15, 0.2) is 11.4 Å². The smallest absolute Gasteiger partial charge is 0.249 e. The van der Waals surface area contributed by atoms with E-state index >= 15 is 0 Å². The van der Waals surface area contributed by atoms with E-state index in [-0.39, 0.29) is 17.4 Å². The van der Waals surface area contributed by atoms with Crippen LogP contribution in [0.25, 0.3) is 10.9 Å². The molecule has 0 amide bonds. The van der Waals surface area contributed by atoms with Gasteiger partial charge in [0.2, 0.25) is 11.8 Å². The highest BCUT2D eigenvalue weighted by atomic mass is 16.5. The third kappa shape index (κ3) is 3.50. The number of hydrogen-bond donors (Lipinski definition) is 1. The van der Waals surface area contributed by atoms with Crippen molar-refractivity contribution in [3.05, 3.63) is 72.7 Å². The van der Waals surface area contributed by atoms with Crippen molar-refractivity contribution in [1.82, 2.24) is 15.0 Å². The monoisotopic (exact) mass is 358 g/mol. The first-order valence-corrected chi connectivity index (χ1v) is 8.63. The minimum Gasteiger partial charge on any atom is -0.437 e. The third-order valence-corrected chi connectivity index (χ3v) is 4.16. The second kappa shape index (κ2) is 7.29. The number of para-hydroxylation sites is 1. The van der Waals surface area contributed by atoms with E-state index in [1.54, 1.807) is 6.20 Å². The summed E-state index contributed by atoms with van der Waals surface area (Å²) in [6.45, 7) is 2.10. The zero-order valence-corrected chi connectivity index (χ0v) is 14.8. The van der Waals surface area contributed by atoms with Crippen LogP contribution in [-0.4, -0.2) is 15.0 Å². The number of nitrogens with zero attached hydrogens (tertiary/aromatic N) is 3. The molecule has 0 bridgehead atoms. The number of nitrogen functional groups attached to an aromatic ring is 1. The molecule has 2 aromatic heterocycles. The van der Waals surface area contributed by atoms with E-state index in [0.29, 0.717) is 11.5 Å². The molecule has 134 valence electrons. The first kappa shape index (κ1) is 16.8. The molecule has 4 aromatic rings. The number of anilines is 1. The van der Waals surface area contributed by atoms with Crippen LogP contribution >= 0.6 is 0 Å². The standard InChI is InChI=1S/C21H18N4O2/c1-2-14-8-10-16(11-9-14)26-20-18(22)21(25-13-24-20)27-17-7-3-5-15-6-4-12-23-19(15)17/h3-13H,2,22H2,1H3. The predicted molar refractivity (Wildman–Crippen MR) is 104 cm³/mol. The second-order valence-corrected chi connectivity index (χ2v) is 5.93. The fourth-order valence-corrected chi connectivity index (χ4v) is 2.69. The van der Waals surface area contributed by atoms with E-state index < -0.39 is 0 Å². The molecule has 2 aromatic carbocycles. The van der Waals surface area contributed by atoms with E-state index in [2.05, 4.69) is 21.9 Å². The van der Waals surface area contributed by atoms with Gasteiger partial charge in [-0.05, 0) is 36.2 Å². The lowest BCUT2D eigenvalue weighted by Gasteiger charge is -2.12. The van der Waals surface area contributed by atoms with Crippen molar-refractivity contribution in [2.24, 2.45) is 0 Å². The Labute approximate surface area is 156 Å². The fourth-order valence-electron chi connectivity index (χ4n) is 2.69. The molecule has 6 nitrogen and oxygen atoms in total. The lowest BCUT2D eigenvalue weighted by Crippen LogP contribution is -2.01. The van der Waals surface area contributed by atoms with Crippen LogP contribution in [0.3, 0.4) is 0 Å². The summed E-state index contributed by atoms with van der Waals surface area (Å²) in [5.41, 5.74) is 8.37. The van der Waals surface area contributed by atoms with Crippen molar-refractivity contribution in [1.29, 1.82) is 0 Å². The Morgan fingerprint density at radius 2 is 1.59 bits per heavy atom. The van der Waals surface area contributed by atoms with Crippen molar-refractivity contribution >= 4 is 16.6 Å². The molecule has 2 N–H and O–H groups in total. The number of benzene rings is 2. The molecule has 0 aliphatic heterocycles. The summed E-state index contributed by atoms with van der Waals surface area (Å²) < 4.78 is 11.7. The van der Waals surface area contributed by atoms with Crippen molar-refractivity contribution < 1.29 is 9.47 Å². The Hall–Kier alpha value is -3.67. The summed E-state index contributed by atoms with van der Waals surface area (Å²) in [6.07, 6.45) is 4.04. The van der Waals surface area contributed by atoms with E-state index in [1.165, 1.54) is 11.9 Å². The van der Waals surface area contributed by atoms with Crippen LogP contribution in [0, 0.1) is 0 Å². The zero-order valence-electron chi connectivity index (χ0n) is 14.8. The quantitative estimate of drug-likeness (QED) is 0.554. The fraction of sp³-hybridized carbons (Fsp3) is 0.0952. The van der Waals surface area contributed by atoms with Gasteiger partial charge in [0.25, 0.3) is 0 Å². The summed E-state index contributed by atoms with van der Waals surface area (Å²) in [5.74, 6) is 1.69. The second-order valence-electron chi connectivity index (χ2n) is 5.93. The van der Waals surface area contributed by atoms with Crippen LogP contribution in [0.15, 0.2) is 67.1 Å². The largest absolute Gasteiger partial charge is 0.437 e.